The summed E-state index contributed by atoms with van der Waals surface area (Å²) in [7, 11) is -0.941. The highest BCUT2D eigenvalue weighted by atomic mass is 32.2. The molecule has 0 radical (unpaired) electrons. The number of nitrogens with one attached hydrogen (secondary N) is 2. The molecule has 13 nitrogen and oxygen atoms in total. The van der Waals surface area contributed by atoms with E-state index in [0.29, 0.717) is 41.6 Å². The smallest absolute Gasteiger partial charge is 0.312 e. The first-order chi connectivity index (χ1) is 27.3. The first-order valence-electron chi connectivity index (χ1n) is 19.1. The minimum absolute atomic E-state index is 0.0517. The van der Waals surface area contributed by atoms with Crippen molar-refractivity contribution in [3.8, 4) is 17.1 Å². The van der Waals surface area contributed by atoms with Crippen LogP contribution in [0, 0.1) is 11.8 Å². The molecule has 1 aliphatic rings. The summed E-state index contributed by atoms with van der Waals surface area (Å²) in [6, 6.07) is 13.6. The number of esters is 1. The Kier molecular flexibility index (Phi) is 20.8. The highest BCUT2D eigenvalue weighted by Gasteiger charge is 2.20. The fourth-order valence-electron chi connectivity index (χ4n) is 4.91. The van der Waals surface area contributed by atoms with Gasteiger partial charge in [-0.15, -0.1) is 0 Å². The Morgan fingerprint density at radius 3 is 2.40 bits per heavy atom. The number of rotatable bonds is 17. The molecule has 3 aromatic rings. The van der Waals surface area contributed by atoms with Crippen molar-refractivity contribution in [2.75, 3.05) is 44.1 Å². The van der Waals surface area contributed by atoms with Crippen LogP contribution in [0.4, 0.5) is 11.4 Å². The molecular weight excluding hydrogens is 747 g/mol. The number of methoxy groups -OCH3 is 1. The van der Waals surface area contributed by atoms with Crippen LogP contribution < -0.4 is 19.7 Å². The molecule has 2 aromatic carbocycles. The summed E-state index contributed by atoms with van der Waals surface area (Å²) >= 11 is 0. The number of hydrogen-bond donors (Lipinski definition) is 3. The number of anilines is 2. The van der Waals surface area contributed by atoms with E-state index in [2.05, 4.69) is 46.0 Å². The summed E-state index contributed by atoms with van der Waals surface area (Å²) in [4.78, 5) is 31.4. The Bertz CT molecular complexity index is 1980. The predicted octanol–water partition coefficient (Wildman–Crippen LogP) is 7.85. The zero-order valence-corrected chi connectivity index (χ0v) is 35.4. The highest BCUT2D eigenvalue weighted by molar-refractivity contribution is 7.92. The van der Waals surface area contributed by atoms with Crippen molar-refractivity contribution in [3.63, 3.8) is 0 Å². The third-order valence-corrected chi connectivity index (χ3v) is 9.16. The number of aliphatic hydroxyl groups is 1. The Balaban J connectivity index is 0.00000175. The van der Waals surface area contributed by atoms with Crippen molar-refractivity contribution < 1.29 is 37.1 Å². The number of benzene rings is 2. The predicted molar refractivity (Wildman–Crippen MR) is 228 cm³/mol. The Hall–Kier alpha value is -5.47. The maximum Gasteiger partial charge on any atom is 0.312 e. The van der Waals surface area contributed by atoms with Crippen molar-refractivity contribution in [2.45, 2.75) is 67.9 Å². The Labute approximate surface area is 338 Å². The molecule has 1 unspecified atom stereocenters. The first kappa shape index (κ1) is 47.7. The van der Waals surface area contributed by atoms with Crippen LogP contribution in [-0.4, -0.2) is 69.5 Å². The molecule has 1 aliphatic carbocycles. The van der Waals surface area contributed by atoms with E-state index in [-0.39, 0.29) is 24.7 Å². The van der Waals surface area contributed by atoms with E-state index in [4.69, 9.17) is 14.4 Å². The van der Waals surface area contributed by atoms with Gasteiger partial charge in [0, 0.05) is 42.3 Å². The molecule has 0 spiro atoms. The van der Waals surface area contributed by atoms with E-state index in [1.54, 1.807) is 18.2 Å². The minimum atomic E-state index is -4.20. The van der Waals surface area contributed by atoms with Crippen molar-refractivity contribution in [2.24, 2.45) is 11.8 Å². The lowest BCUT2D eigenvalue weighted by Gasteiger charge is -2.24. The lowest BCUT2D eigenvalue weighted by Crippen LogP contribution is -2.30. The zero-order valence-electron chi connectivity index (χ0n) is 34.6. The van der Waals surface area contributed by atoms with Gasteiger partial charge in [0.25, 0.3) is 21.8 Å². The van der Waals surface area contributed by atoms with Crippen LogP contribution in [-0.2, 0) is 30.9 Å². The summed E-state index contributed by atoms with van der Waals surface area (Å²) < 4.78 is 42.8. The van der Waals surface area contributed by atoms with Gasteiger partial charge < -0.3 is 29.3 Å². The second-order valence-corrected chi connectivity index (χ2v) is 14.6. The molecule has 4 rings (SSSR count). The second-order valence-electron chi connectivity index (χ2n) is 13.0. The SMILES string of the molecule is C/C=C\C.CC.COC(=O)C(C)/C=C/S(=O)(=O)NC(=O)C1=CCC=CC(c2nc(-c3ccc(N(C)CCC(C)C)c(NCc4ccc(OCCO)cc4)c3)no2)=C1. The van der Waals surface area contributed by atoms with E-state index in [9.17, 15) is 18.0 Å². The topological polar surface area (TPSA) is 173 Å². The molecular formula is C43H59N5O8S. The van der Waals surface area contributed by atoms with Crippen molar-refractivity contribution in [1.29, 1.82) is 0 Å². The van der Waals surface area contributed by atoms with Gasteiger partial charge in [0.05, 0.1) is 31.0 Å². The number of ether oxygens (including phenoxy) is 2. The van der Waals surface area contributed by atoms with Crippen LogP contribution in [0.3, 0.4) is 0 Å². The molecule has 1 amide bonds. The van der Waals surface area contributed by atoms with Gasteiger partial charge in [0.1, 0.15) is 12.4 Å². The van der Waals surface area contributed by atoms with Gasteiger partial charge in [-0.3, -0.25) is 9.59 Å². The third kappa shape index (κ3) is 16.3. The van der Waals surface area contributed by atoms with E-state index < -0.39 is 27.8 Å². The van der Waals surface area contributed by atoms with Crippen molar-refractivity contribution in [1.82, 2.24) is 14.9 Å². The number of nitrogens with zero attached hydrogens (tertiary/aromatic N) is 3. The monoisotopic (exact) mass is 805 g/mol. The number of allylic oxidation sites excluding steroid dienone is 6. The molecule has 57 heavy (non-hydrogen) atoms. The molecule has 1 atom stereocenters. The largest absolute Gasteiger partial charge is 0.491 e. The van der Waals surface area contributed by atoms with Crippen molar-refractivity contribution in [3.05, 3.63) is 107 Å². The summed E-state index contributed by atoms with van der Waals surface area (Å²) in [5, 5.41) is 17.5. The lowest BCUT2D eigenvalue weighted by molar-refractivity contribution is -0.143. The number of hydrogen-bond acceptors (Lipinski definition) is 12. The molecule has 310 valence electrons. The summed E-state index contributed by atoms with van der Waals surface area (Å²) in [5.41, 5.74) is 4.12. The van der Waals surface area contributed by atoms with Crippen LogP contribution in [0.15, 0.2) is 101 Å². The summed E-state index contributed by atoms with van der Waals surface area (Å²) in [6.07, 6.45) is 13.1. The standard InChI is InChI=1S/C37H45N5O8S.C4H8.C2H6/c1-25(2)16-18-42(4)33-15-12-28(23-32(33)38-24-27-10-13-31(14-11-27)49-20-19-43)34-39-36(50-40-34)30-9-7-6-8-29(22-30)35(44)41-51(46,47)21-17-26(3)37(45)48-5;1-3-4-2;1-2/h7-15,17,21-23,25-26,38,43H,6,16,18-20,24H2,1-5H3,(H,41,44);3-4H,1-2H3;1-2H3/b21-17+;4-3-;. The highest BCUT2D eigenvalue weighted by Crippen LogP contribution is 2.32. The Morgan fingerprint density at radius 1 is 1.07 bits per heavy atom. The van der Waals surface area contributed by atoms with Gasteiger partial charge >= 0.3 is 5.97 Å². The molecule has 0 bridgehead atoms. The number of sulfonamides is 1. The van der Waals surface area contributed by atoms with Gasteiger partial charge in [-0.25, -0.2) is 13.1 Å². The van der Waals surface area contributed by atoms with E-state index >= 15 is 0 Å². The van der Waals surface area contributed by atoms with Crippen LogP contribution in [0.1, 0.15) is 72.8 Å². The van der Waals surface area contributed by atoms with Crippen LogP contribution in [0.25, 0.3) is 17.0 Å². The minimum Gasteiger partial charge on any atom is -0.491 e. The molecule has 1 aromatic heterocycles. The first-order valence-corrected chi connectivity index (χ1v) is 20.6. The average Bonchev–Trinajstić information content (AvgIpc) is 3.58. The van der Waals surface area contributed by atoms with Gasteiger partial charge in [-0.1, -0.05) is 81.4 Å². The van der Waals surface area contributed by atoms with Gasteiger partial charge in [0.2, 0.25) is 5.82 Å². The van der Waals surface area contributed by atoms with E-state index in [0.717, 1.165) is 41.4 Å². The molecule has 0 fully saturated rings. The van der Waals surface area contributed by atoms with Crippen LogP contribution in [0.2, 0.25) is 0 Å². The number of aliphatic hydroxyl groups excluding tert-OH is 1. The molecule has 1 heterocycles. The van der Waals surface area contributed by atoms with Crippen molar-refractivity contribution >= 4 is 38.8 Å². The molecule has 14 heteroatoms. The maximum absolute atomic E-state index is 13.0. The van der Waals surface area contributed by atoms with E-state index in [1.807, 2.05) is 87.0 Å². The fraction of sp³-hybridized carbons (Fsp3) is 0.395. The van der Waals surface area contributed by atoms with Crippen LogP contribution in [0.5, 0.6) is 5.75 Å². The molecule has 3 N–H and O–H groups in total. The van der Waals surface area contributed by atoms with Gasteiger partial charge in [-0.2, -0.15) is 4.98 Å². The fourth-order valence-corrected chi connectivity index (χ4v) is 5.79. The molecule has 0 saturated heterocycles. The molecule has 0 saturated carbocycles. The second kappa shape index (κ2) is 24.9. The lowest BCUT2D eigenvalue weighted by atomic mass is 10.1. The quantitative estimate of drug-likeness (QED) is 0.0892. The summed E-state index contributed by atoms with van der Waals surface area (Å²) in [6.45, 7) is 15.4. The Morgan fingerprint density at radius 2 is 1.77 bits per heavy atom. The number of aromatic nitrogens is 2. The molecule has 0 aliphatic heterocycles. The average molecular weight is 806 g/mol. The zero-order chi connectivity index (χ0) is 42.4. The van der Waals surface area contributed by atoms with Gasteiger partial charge in [0.15, 0.2) is 0 Å². The van der Waals surface area contributed by atoms with Crippen LogP contribution >= 0.6 is 0 Å². The van der Waals surface area contributed by atoms with E-state index in [1.165, 1.54) is 20.1 Å². The normalized spacial score (nSPS) is 13.0. The van der Waals surface area contributed by atoms with Gasteiger partial charge in [-0.05, 0) is 81.5 Å². The number of carbonyl (C=O) groups is 2. The maximum atomic E-state index is 13.0. The third-order valence-electron chi connectivity index (χ3n) is 8.18. The number of amides is 1. The summed E-state index contributed by atoms with van der Waals surface area (Å²) in [5.74, 6) is -0.574. The number of carbonyl (C=O) groups excluding carboxylic acids is 2.